The van der Waals surface area contributed by atoms with E-state index in [1.54, 1.807) is 0 Å². The van der Waals surface area contributed by atoms with Gasteiger partial charge in [-0.15, -0.1) is 0 Å². The van der Waals surface area contributed by atoms with E-state index in [9.17, 15) is 26.1 Å². The van der Waals surface area contributed by atoms with Gasteiger partial charge in [0.05, 0.1) is 17.0 Å². The summed E-state index contributed by atoms with van der Waals surface area (Å²) in [6.45, 7) is -0.105. The number of rotatable bonds is 4. The van der Waals surface area contributed by atoms with E-state index in [0.717, 1.165) is 12.3 Å². The molecule has 2 aromatic heterocycles. The molecule has 0 aliphatic rings. The van der Waals surface area contributed by atoms with Gasteiger partial charge in [0.2, 0.25) is 0 Å². The predicted octanol–water partition coefficient (Wildman–Crippen LogP) is 0.995. The minimum atomic E-state index is -4.45. The molecule has 0 saturated carbocycles. The van der Waals surface area contributed by atoms with Crippen molar-refractivity contribution in [3.05, 3.63) is 42.4 Å². The van der Waals surface area contributed by atoms with E-state index in [4.69, 9.17) is 0 Å². The molecule has 2 aromatic rings. The Hall–Kier alpha value is -2.07. The van der Waals surface area contributed by atoms with Crippen LogP contribution in [0.15, 0.2) is 36.8 Å². The maximum Gasteiger partial charge on any atom is 0.417 e. The third-order valence-corrected chi connectivity index (χ3v) is 3.41. The first-order chi connectivity index (χ1) is 10.1. The summed E-state index contributed by atoms with van der Waals surface area (Å²) in [5.41, 5.74) is -0.0880. The van der Waals surface area contributed by atoms with Crippen LogP contribution in [0.5, 0.6) is 0 Å². The number of hydrogen-bond donors (Lipinski definition) is 0. The summed E-state index contributed by atoms with van der Waals surface area (Å²) in [4.78, 5) is 3.72. The summed E-state index contributed by atoms with van der Waals surface area (Å²) >= 11 is 0. The Kier molecular flexibility index (Phi) is 4.42. The molecule has 0 saturated heterocycles. The average Bonchev–Trinajstić information content (AvgIpc) is 2.44. The van der Waals surface area contributed by atoms with Crippen molar-refractivity contribution < 1.29 is 30.8 Å². The molecule has 0 aliphatic heterocycles. The maximum absolute atomic E-state index is 12.4. The summed E-state index contributed by atoms with van der Waals surface area (Å²) in [7, 11) is -4.33. The third kappa shape index (κ3) is 4.46. The van der Waals surface area contributed by atoms with Crippen molar-refractivity contribution in [2.45, 2.75) is 12.7 Å². The molecule has 0 spiro atoms. The smallest absolute Gasteiger partial charge is 0.417 e. The largest absolute Gasteiger partial charge is 0.748 e. The van der Waals surface area contributed by atoms with E-state index in [2.05, 4.69) is 10.1 Å². The standard InChI is InChI=1S/C12H10F3N3O3S/c13-12(14,15)10-1-2-11(16-8-10)9-3-4-18(17-7-9)5-6-22(19,20)21/h1-4,7-8H,5-6H2. The van der Waals surface area contributed by atoms with Crippen molar-refractivity contribution in [2.75, 3.05) is 5.75 Å². The summed E-state index contributed by atoms with van der Waals surface area (Å²) in [6.07, 6.45) is -0.986. The zero-order valence-electron chi connectivity index (χ0n) is 11.0. The second-order valence-electron chi connectivity index (χ2n) is 4.37. The molecule has 0 bridgehead atoms. The maximum atomic E-state index is 12.4. The van der Waals surface area contributed by atoms with E-state index in [1.165, 1.54) is 29.2 Å². The highest BCUT2D eigenvalue weighted by Crippen LogP contribution is 2.29. The van der Waals surface area contributed by atoms with Crippen LogP contribution in [0.3, 0.4) is 0 Å². The topological polar surface area (TPSA) is 86.9 Å². The van der Waals surface area contributed by atoms with Crippen molar-refractivity contribution in [3.8, 4) is 11.3 Å². The molecule has 0 unspecified atom stereocenters. The normalized spacial score (nSPS) is 12.4. The van der Waals surface area contributed by atoms with Crippen molar-refractivity contribution in [1.82, 2.24) is 10.1 Å². The molecular weight excluding hydrogens is 323 g/mol. The molecule has 2 heterocycles. The molecule has 0 atom stereocenters. The van der Waals surface area contributed by atoms with Gasteiger partial charge in [-0.05, 0) is 17.2 Å². The molecule has 0 aromatic carbocycles. The number of hydrogen-bond acceptors (Lipinski definition) is 5. The SMILES string of the molecule is O=S(=O)([O-])CC[n+]1ccc(-c2ccc(C(F)(F)F)cn2)cn1. The van der Waals surface area contributed by atoms with Crippen LogP contribution in [-0.4, -0.2) is 28.8 Å². The Morgan fingerprint density at radius 1 is 1.18 bits per heavy atom. The number of halogens is 3. The van der Waals surface area contributed by atoms with Crippen LogP contribution in [0.2, 0.25) is 0 Å². The van der Waals surface area contributed by atoms with Crippen LogP contribution in [0.4, 0.5) is 13.2 Å². The fraction of sp³-hybridized carbons (Fsp3) is 0.250. The third-order valence-electron chi connectivity index (χ3n) is 2.73. The second kappa shape index (κ2) is 5.97. The Labute approximate surface area is 124 Å². The first-order valence-electron chi connectivity index (χ1n) is 5.98. The fourth-order valence-corrected chi connectivity index (χ4v) is 2.02. The minimum Gasteiger partial charge on any atom is -0.748 e. The minimum absolute atomic E-state index is 0.105. The first-order valence-corrected chi connectivity index (χ1v) is 7.56. The van der Waals surface area contributed by atoms with Gasteiger partial charge in [-0.2, -0.15) is 13.2 Å². The highest BCUT2D eigenvalue weighted by molar-refractivity contribution is 7.85. The Morgan fingerprint density at radius 2 is 1.91 bits per heavy atom. The first kappa shape index (κ1) is 16.3. The molecule has 0 fully saturated rings. The molecule has 0 radical (unpaired) electrons. The molecule has 118 valence electrons. The number of alkyl halides is 3. The van der Waals surface area contributed by atoms with Gasteiger partial charge in [-0.3, -0.25) is 4.98 Å². The van der Waals surface area contributed by atoms with Crippen LogP contribution >= 0.6 is 0 Å². The lowest BCUT2D eigenvalue weighted by Crippen LogP contribution is -2.40. The quantitative estimate of drug-likeness (QED) is 0.615. The van der Waals surface area contributed by atoms with E-state index in [-0.39, 0.29) is 6.54 Å². The van der Waals surface area contributed by atoms with Crippen LogP contribution < -0.4 is 4.68 Å². The van der Waals surface area contributed by atoms with Gasteiger partial charge in [-0.25, -0.2) is 8.42 Å². The molecule has 0 N–H and O–H groups in total. The average molecular weight is 333 g/mol. The lowest BCUT2D eigenvalue weighted by Gasteiger charge is -2.06. The monoisotopic (exact) mass is 333 g/mol. The van der Waals surface area contributed by atoms with Gasteiger partial charge in [-0.1, -0.05) is 4.68 Å². The van der Waals surface area contributed by atoms with E-state index in [1.807, 2.05) is 0 Å². The van der Waals surface area contributed by atoms with Gasteiger partial charge in [0.1, 0.15) is 16.3 Å². The summed E-state index contributed by atoms with van der Waals surface area (Å²) in [6, 6.07) is 3.64. The Balaban J connectivity index is 2.13. The molecule has 22 heavy (non-hydrogen) atoms. The second-order valence-corrected chi connectivity index (χ2v) is 5.89. The molecule has 2 rings (SSSR count). The predicted molar refractivity (Wildman–Crippen MR) is 67.2 cm³/mol. The van der Waals surface area contributed by atoms with E-state index < -0.39 is 27.6 Å². The zero-order valence-corrected chi connectivity index (χ0v) is 11.8. The lowest BCUT2D eigenvalue weighted by molar-refractivity contribution is -0.750. The van der Waals surface area contributed by atoms with Crippen molar-refractivity contribution in [2.24, 2.45) is 0 Å². The lowest BCUT2D eigenvalue weighted by atomic mass is 10.2. The van der Waals surface area contributed by atoms with Gasteiger partial charge < -0.3 is 4.55 Å². The number of nitrogens with zero attached hydrogens (tertiary/aromatic N) is 3. The van der Waals surface area contributed by atoms with Gasteiger partial charge in [0, 0.05) is 17.8 Å². The molecule has 0 aliphatic carbocycles. The molecular formula is C12H10F3N3O3S. The van der Waals surface area contributed by atoms with Crippen LogP contribution in [0.1, 0.15) is 5.56 Å². The van der Waals surface area contributed by atoms with Crippen LogP contribution in [0.25, 0.3) is 11.3 Å². The van der Waals surface area contributed by atoms with Crippen LogP contribution in [0, 0.1) is 0 Å². The Bertz CT molecular complexity index is 744. The number of aromatic nitrogens is 3. The molecule has 6 nitrogen and oxygen atoms in total. The Morgan fingerprint density at radius 3 is 2.36 bits per heavy atom. The van der Waals surface area contributed by atoms with E-state index >= 15 is 0 Å². The number of aryl methyl sites for hydroxylation is 1. The summed E-state index contributed by atoms with van der Waals surface area (Å²) in [5, 5.41) is 3.88. The van der Waals surface area contributed by atoms with Gasteiger partial charge >= 0.3 is 6.18 Å². The summed E-state index contributed by atoms with van der Waals surface area (Å²) in [5.74, 6) is -0.595. The van der Waals surface area contributed by atoms with E-state index in [0.29, 0.717) is 11.3 Å². The molecule has 10 heteroatoms. The van der Waals surface area contributed by atoms with Gasteiger partial charge in [0.25, 0.3) is 0 Å². The molecule has 0 amide bonds. The number of pyridine rings is 1. The van der Waals surface area contributed by atoms with Gasteiger partial charge in [0.15, 0.2) is 12.7 Å². The zero-order chi connectivity index (χ0) is 16.4. The highest BCUT2D eigenvalue weighted by atomic mass is 32.2. The van der Waals surface area contributed by atoms with Crippen molar-refractivity contribution in [3.63, 3.8) is 0 Å². The van der Waals surface area contributed by atoms with Crippen LogP contribution in [-0.2, 0) is 22.8 Å². The highest BCUT2D eigenvalue weighted by Gasteiger charge is 2.30. The van der Waals surface area contributed by atoms with Crippen molar-refractivity contribution >= 4 is 10.1 Å². The van der Waals surface area contributed by atoms with Crippen molar-refractivity contribution in [1.29, 1.82) is 0 Å². The fourth-order valence-electron chi connectivity index (χ4n) is 1.61. The summed E-state index contributed by atoms with van der Waals surface area (Å²) < 4.78 is 70.0.